The minimum absolute atomic E-state index is 0. The Balaban J connectivity index is 0. The maximum atomic E-state index is 10.4. The van der Waals surface area contributed by atoms with E-state index in [0.717, 1.165) is 0 Å². The van der Waals surface area contributed by atoms with Gasteiger partial charge in [-0.2, -0.15) is 5.26 Å². The molecule has 0 aromatic carbocycles. The van der Waals surface area contributed by atoms with Crippen molar-refractivity contribution in [1.29, 1.82) is 5.26 Å². The Hall–Kier alpha value is -0.760. The van der Waals surface area contributed by atoms with Crippen molar-refractivity contribution in [3.8, 4) is 11.9 Å². The van der Waals surface area contributed by atoms with Crippen molar-refractivity contribution in [3.63, 3.8) is 0 Å². The van der Waals surface area contributed by atoms with Crippen molar-refractivity contribution in [2.45, 2.75) is 0 Å². The van der Waals surface area contributed by atoms with Gasteiger partial charge in [0.1, 0.15) is 11.6 Å². The molecule has 0 aliphatic rings. The fraction of sp³-hybridized carbons (Fsp3) is 0. The summed E-state index contributed by atoms with van der Waals surface area (Å²) in [5.41, 5.74) is -0.351. The van der Waals surface area contributed by atoms with Crippen molar-refractivity contribution < 1.29 is 36.1 Å². The summed E-state index contributed by atoms with van der Waals surface area (Å²) in [5, 5.41) is 17.1. The van der Waals surface area contributed by atoms with E-state index in [2.05, 4.69) is 4.98 Å². The molecule has 0 unspecified atom stereocenters. The second-order valence-electron chi connectivity index (χ2n) is 1.70. The van der Waals surface area contributed by atoms with Crippen LogP contribution in [0.4, 0.5) is 0 Å². The molecular formula is C6H5N2NaO2. The van der Waals surface area contributed by atoms with Gasteiger partial charge in [0, 0.05) is 6.07 Å². The number of aromatic nitrogens is 1. The molecule has 0 bridgehead atoms. The first-order valence-corrected chi connectivity index (χ1v) is 2.56. The van der Waals surface area contributed by atoms with Crippen LogP contribution in [0.15, 0.2) is 16.9 Å². The summed E-state index contributed by atoms with van der Waals surface area (Å²) < 4.78 is 0. The largest absolute Gasteiger partial charge is 1.00 e. The van der Waals surface area contributed by atoms with Crippen LogP contribution in [-0.2, 0) is 0 Å². The van der Waals surface area contributed by atoms with E-state index < -0.39 is 5.56 Å². The van der Waals surface area contributed by atoms with Crippen LogP contribution in [0, 0.1) is 11.3 Å². The fourth-order valence-corrected chi connectivity index (χ4v) is 0.554. The fourth-order valence-electron chi connectivity index (χ4n) is 0.554. The molecule has 1 heterocycles. The number of nitriles is 1. The van der Waals surface area contributed by atoms with E-state index in [-0.39, 0.29) is 42.4 Å². The number of pyridine rings is 1. The van der Waals surface area contributed by atoms with Crippen molar-refractivity contribution in [2.75, 3.05) is 0 Å². The average Bonchev–Trinajstić information content (AvgIpc) is 1.88. The minimum atomic E-state index is -0.420. The standard InChI is InChI=1S/C6H4N2O2.Na.H/c7-3-4-1-2-5(9)8-6(4)10;;/h1-2H,(H2,8,9,10);;/q;+1;-1. The molecule has 11 heavy (non-hydrogen) atoms. The zero-order valence-electron chi connectivity index (χ0n) is 6.96. The molecule has 0 aliphatic carbocycles. The first-order chi connectivity index (χ1) is 4.74. The SMILES string of the molecule is N#Cc1ccc(=O)[nH]c1O.[H-].[Na+]. The Morgan fingerprint density at radius 1 is 1.64 bits per heavy atom. The third-order valence-corrected chi connectivity index (χ3v) is 1.02. The normalized spacial score (nSPS) is 7.91. The van der Waals surface area contributed by atoms with Crippen LogP contribution >= 0.6 is 0 Å². The van der Waals surface area contributed by atoms with E-state index in [1.807, 2.05) is 0 Å². The van der Waals surface area contributed by atoms with E-state index in [9.17, 15) is 4.79 Å². The first kappa shape index (κ1) is 10.2. The van der Waals surface area contributed by atoms with Gasteiger partial charge in [-0.3, -0.25) is 9.78 Å². The molecule has 0 aliphatic heterocycles. The van der Waals surface area contributed by atoms with Crippen LogP contribution in [0.25, 0.3) is 0 Å². The van der Waals surface area contributed by atoms with Gasteiger partial charge in [-0.05, 0) is 6.07 Å². The molecular weight excluding hydrogens is 155 g/mol. The molecule has 0 fully saturated rings. The predicted octanol–water partition coefficient (Wildman–Crippen LogP) is -2.93. The number of hydrogen-bond donors (Lipinski definition) is 2. The van der Waals surface area contributed by atoms with E-state index in [1.54, 1.807) is 6.07 Å². The summed E-state index contributed by atoms with van der Waals surface area (Å²) in [6, 6.07) is 4.14. The molecule has 1 rings (SSSR count). The van der Waals surface area contributed by atoms with Gasteiger partial charge in [0.25, 0.3) is 5.56 Å². The van der Waals surface area contributed by atoms with Crippen LogP contribution in [-0.4, -0.2) is 10.1 Å². The third-order valence-electron chi connectivity index (χ3n) is 1.02. The average molecular weight is 160 g/mol. The van der Waals surface area contributed by atoms with Gasteiger partial charge >= 0.3 is 29.6 Å². The number of rotatable bonds is 0. The molecule has 0 spiro atoms. The Labute approximate surface area is 86.3 Å². The van der Waals surface area contributed by atoms with Crippen LogP contribution in [0.1, 0.15) is 6.99 Å². The van der Waals surface area contributed by atoms with Gasteiger partial charge in [-0.1, -0.05) is 0 Å². The molecule has 0 saturated carbocycles. The maximum Gasteiger partial charge on any atom is 1.00 e. The summed E-state index contributed by atoms with van der Waals surface area (Å²) in [7, 11) is 0. The zero-order valence-corrected chi connectivity index (χ0v) is 7.96. The molecule has 1 aromatic rings. The van der Waals surface area contributed by atoms with Crippen LogP contribution in [0.2, 0.25) is 0 Å². The van der Waals surface area contributed by atoms with Crippen LogP contribution < -0.4 is 35.1 Å². The van der Waals surface area contributed by atoms with E-state index in [4.69, 9.17) is 10.4 Å². The molecule has 4 nitrogen and oxygen atoms in total. The number of H-pyrrole nitrogens is 1. The molecule has 0 saturated heterocycles. The second-order valence-corrected chi connectivity index (χ2v) is 1.70. The third kappa shape index (κ3) is 2.39. The molecule has 52 valence electrons. The van der Waals surface area contributed by atoms with Gasteiger partial charge in [0.05, 0.1) is 0 Å². The zero-order chi connectivity index (χ0) is 7.56. The number of aromatic hydroxyl groups is 1. The second kappa shape index (κ2) is 4.19. The number of nitrogens with zero attached hydrogens (tertiary/aromatic N) is 1. The Kier molecular flexibility index (Phi) is 3.90. The number of nitrogens with one attached hydrogen (secondary N) is 1. The Bertz CT molecular complexity index is 344. The number of hydrogen-bond acceptors (Lipinski definition) is 3. The minimum Gasteiger partial charge on any atom is -1.00 e. The van der Waals surface area contributed by atoms with Crippen molar-refractivity contribution in [3.05, 3.63) is 28.0 Å². The van der Waals surface area contributed by atoms with Gasteiger partial charge in [0.2, 0.25) is 5.88 Å². The van der Waals surface area contributed by atoms with Crippen molar-refractivity contribution in [2.24, 2.45) is 0 Å². The van der Waals surface area contributed by atoms with E-state index in [0.29, 0.717) is 0 Å². The molecule has 1 aromatic heterocycles. The summed E-state index contributed by atoms with van der Waals surface area (Å²) in [5.74, 6) is -0.380. The van der Waals surface area contributed by atoms with Gasteiger partial charge in [-0.25, -0.2) is 0 Å². The van der Waals surface area contributed by atoms with Crippen molar-refractivity contribution >= 4 is 0 Å². The molecule has 0 amide bonds. The van der Waals surface area contributed by atoms with Gasteiger partial charge in [-0.15, -0.1) is 0 Å². The first-order valence-electron chi connectivity index (χ1n) is 2.56. The smallest absolute Gasteiger partial charge is 1.00 e. The summed E-state index contributed by atoms with van der Waals surface area (Å²) in [6.07, 6.45) is 0. The monoisotopic (exact) mass is 160 g/mol. The molecule has 0 radical (unpaired) electrons. The summed E-state index contributed by atoms with van der Waals surface area (Å²) >= 11 is 0. The quantitative estimate of drug-likeness (QED) is 0.399. The van der Waals surface area contributed by atoms with Crippen LogP contribution in [0.3, 0.4) is 0 Å². The van der Waals surface area contributed by atoms with Gasteiger partial charge < -0.3 is 6.53 Å². The topological polar surface area (TPSA) is 76.9 Å². The van der Waals surface area contributed by atoms with E-state index >= 15 is 0 Å². The predicted molar refractivity (Wildman–Crippen MR) is 34.6 cm³/mol. The Morgan fingerprint density at radius 3 is 2.73 bits per heavy atom. The Morgan fingerprint density at radius 2 is 2.27 bits per heavy atom. The van der Waals surface area contributed by atoms with Gasteiger partial charge in [0.15, 0.2) is 0 Å². The maximum absolute atomic E-state index is 10.4. The summed E-state index contributed by atoms with van der Waals surface area (Å²) in [4.78, 5) is 12.5. The molecule has 2 N–H and O–H groups in total. The summed E-state index contributed by atoms with van der Waals surface area (Å²) in [6.45, 7) is 0. The molecule has 0 atom stereocenters. The van der Waals surface area contributed by atoms with E-state index in [1.165, 1.54) is 12.1 Å². The molecule has 5 heteroatoms. The van der Waals surface area contributed by atoms with Crippen molar-refractivity contribution in [1.82, 2.24) is 4.98 Å². The number of aromatic amines is 1. The van der Waals surface area contributed by atoms with Crippen LogP contribution in [0.5, 0.6) is 5.88 Å².